The summed E-state index contributed by atoms with van der Waals surface area (Å²) in [5.41, 5.74) is 0. The van der Waals surface area contributed by atoms with E-state index in [4.69, 9.17) is 11.2 Å². The molecule has 1 rings (SSSR count). The van der Waals surface area contributed by atoms with Crippen molar-refractivity contribution in [2.24, 2.45) is 0 Å². The lowest BCUT2D eigenvalue weighted by atomic mass is 10.2. The van der Waals surface area contributed by atoms with Gasteiger partial charge in [-0.2, -0.15) is 0 Å². The Hall–Kier alpha value is -1.05. The fourth-order valence-electron chi connectivity index (χ4n) is 1.60. The van der Waals surface area contributed by atoms with Crippen molar-refractivity contribution in [1.82, 2.24) is 10.2 Å². The van der Waals surface area contributed by atoms with Crippen molar-refractivity contribution in [3.05, 3.63) is 0 Å². The van der Waals surface area contributed by atoms with E-state index in [0.29, 0.717) is 19.8 Å². The Morgan fingerprint density at radius 3 is 2.81 bits per heavy atom. The zero-order valence-electron chi connectivity index (χ0n) is 9.71. The molecule has 90 valence electrons. The number of carbonyl (C=O) groups excluding carboxylic acids is 1. The zero-order valence-corrected chi connectivity index (χ0v) is 9.71. The van der Waals surface area contributed by atoms with Crippen LogP contribution in [-0.4, -0.2) is 50.2 Å². The van der Waals surface area contributed by atoms with Gasteiger partial charge in [0, 0.05) is 19.5 Å². The fourth-order valence-corrected chi connectivity index (χ4v) is 1.60. The van der Waals surface area contributed by atoms with Crippen LogP contribution in [0.4, 0.5) is 0 Å². The summed E-state index contributed by atoms with van der Waals surface area (Å²) in [6.07, 6.45) is 8.02. The molecule has 1 saturated heterocycles. The molecule has 0 saturated carbocycles. The number of rotatable bonds is 6. The average molecular weight is 224 g/mol. The van der Waals surface area contributed by atoms with Gasteiger partial charge in [-0.05, 0) is 19.4 Å². The summed E-state index contributed by atoms with van der Waals surface area (Å²) in [5, 5.41) is 3.14. The van der Waals surface area contributed by atoms with Gasteiger partial charge in [-0.1, -0.05) is 0 Å². The molecule has 0 aromatic heterocycles. The summed E-state index contributed by atoms with van der Waals surface area (Å²) in [6, 6.07) is 0. The third kappa shape index (κ3) is 5.15. The summed E-state index contributed by atoms with van der Waals surface area (Å²) >= 11 is 0. The van der Waals surface area contributed by atoms with Gasteiger partial charge in [0.1, 0.15) is 0 Å². The summed E-state index contributed by atoms with van der Waals surface area (Å²) in [5.74, 6) is 2.77. The van der Waals surface area contributed by atoms with Crippen LogP contribution in [0.1, 0.15) is 19.3 Å². The van der Waals surface area contributed by atoms with Crippen LogP contribution in [-0.2, 0) is 9.53 Å². The van der Waals surface area contributed by atoms with Crippen LogP contribution < -0.4 is 5.32 Å². The van der Waals surface area contributed by atoms with Crippen molar-refractivity contribution in [2.45, 2.75) is 19.3 Å². The first-order valence-electron chi connectivity index (χ1n) is 5.84. The highest BCUT2D eigenvalue weighted by Crippen LogP contribution is 1.97. The van der Waals surface area contributed by atoms with E-state index in [1.807, 2.05) is 4.90 Å². The van der Waals surface area contributed by atoms with Crippen molar-refractivity contribution >= 4 is 5.91 Å². The summed E-state index contributed by atoms with van der Waals surface area (Å²) in [7, 11) is 0. The quantitative estimate of drug-likeness (QED) is 0.519. The molecular formula is C12H20N2O2. The van der Waals surface area contributed by atoms with Crippen molar-refractivity contribution in [3.8, 4) is 12.3 Å². The first-order valence-corrected chi connectivity index (χ1v) is 5.84. The predicted octanol–water partition coefficient (Wildman–Crippen LogP) is 0.238. The molecule has 1 aliphatic rings. The van der Waals surface area contributed by atoms with E-state index < -0.39 is 0 Å². The Bertz CT molecular complexity index is 242. The number of hydrogen-bond acceptors (Lipinski definition) is 3. The number of terminal acetylenes is 1. The van der Waals surface area contributed by atoms with Crippen LogP contribution in [0.5, 0.6) is 0 Å². The van der Waals surface area contributed by atoms with E-state index >= 15 is 0 Å². The van der Waals surface area contributed by atoms with Gasteiger partial charge in [-0.25, -0.2) is 0 Å². The molecule has 4 heteroatoms. The first kappa shape index (κ1) is 13.0. The maximum atomic E-state index is 11.7. The Morgan fingerprint density at radius 1 is 1.38 bits per heavy atom. The molecule has 0 aliphatic carbocycles. The molecule has 0 atom stereocenters. The molecule has 0 spiro atoms. The Kier molecular flexibility index (Phi) is 6.62. The van der Waals surface area contributed by atoms with Gasteiger partial charge in [0.25, 0.3) is 0 Å². The fraction of sp³-hybridized carbons (Fsp3) is 0.750. The standard InChI is InChI=1S/C12H20N2O2/c1-2-3-4-5-6-13-11-12(15)14-7-9-16-10-8-14/h1,13H,3-11H2. The maximum Gasteiger partial charge on any atom is 0.236 e. The van der Waals surface area contributed by atoms with Gasteiger partial charge >= 0.3 is 0 Å². The minimum absolute atomic E-state index is 0.167. The van der Waals surface area contributed by atoms with Gasteiger partial charge in [0.2, 0.25) is 5.91 Å². The number of unbranched alkanes of at least 4 members (excludes halogenated alkanes) is 2. The second kappa shape index (κ2) is 8.14. The summed E-state index contributed by atoms with van der Waals surface area (Å²) in [4.78, 5) is 13.5. The van der Waals surface area contributed by atoms with Gasteiger partial charge in [-0.15, -0.1) is 12.3 Å². The van der Waals surface area contributed by atoms with E-state index in [0.717, 1.165) is 38.9 Å². The molecule has 16 heavy (non-hydrogen) atoms. The molecular weight excluding hydrogens is 204 g/mol. The number of hydrogen-bond donors (Lipinski definition) is 1. The number of carbonyl (C=O) groups is 1. The van der Waals surface area contributed by atoms with Gasteiger partial charge in [0.15, 0.2) is 0 Å². The molecule has 1 N–H and O–H groups in total. The normalized spacial score (nSPS) is 15.8. The Labute approximate surface area is 97.3 Å². The van der Waals surface area contributed by atoms with Crippen LogP contribution in [0.2, 0.25) is 0 Å². The Morgan fingerprint density at radius 2 is 2.12 bits per heavy atom. The molecule has 0 aromatic carbocycles. The molecule has 1 heterocycles. The summed E-state index contributed by atoms with van der Waals surface area (Å²) < 4.78 is 5.19. The van der Waals surface area contributed by atoms with Crippen molar-refractivity contribution in [1.29, 1.82) is 0 Å². The van der Waals surface area contributed by atoms with Gasteiger partial charge in [0.05, 0.1) is 19.8 Å². The van der Waals surface area contributed by atoms with E-state index in [9.17, 15) is 4.79 Å². The predicted molar refractivity (Wildman–Crippen MR) is 63.0 cm³/mol. The number of ether oxygens (including phenoxy) is 1. The largest absolute Gasteiger partial charge is 0.378 e. The third-order valence-electron chi connectivity index (χ3n) is 2.56. The Balaban J connectivity index is 1.99. The van der Waals surface area contributed by atoms with Crippen molar-refractivity contribution in [3.63, 3.8) is 0 Å². The SMILES string of the molecule is C#CCCCCNCC(=O)N1CCOCC1. The van der Waals surface area contributed by atoms with E-state index in [1.54, 1.807) is 0 Å². The average Bonchev–Trinajstić information content (AvgIpc) is 2.34. The van der Waals surface area contributed by atoms with Crippen LogP contribution in [0.25, 0.3) is 0 Å². The number of nitrogens with one attached hydrogen (secondary N) is 1. The summed E-state index contributed by atoms with van der Waals surface area (Å²) in [6.45, 7) is 4.05. The lowest BCUT2D eigenvalue weighted by molar-refractivity contribution is -0.134. The van der Waals surface area contributed by atoms with E-state index in [1.165, 1.54) is 0 Å². The van der Waals surface area contributed by atoms with Gasteiger partial charge < -0.3 is 15.0 Å². The van der Waals surface area contributed by atoms with E-state index in [2.05, 4.69) is 11.2 Å². The molecule has 1 aliphatic heterocycles. The highest BCUT2D eigenvalue weighted by atomic mass is 16.5. The third-order valence-corrected chi connectivity index (χ3v) is 2.56. The van der Waals surface area contributed by atoms with Crippen molar-refractivity contribution in [2.75, 3.05) is 39.4 Å². The van der Waals surface area contributed by atoms with Crippen LogP contribution in [0.15, 0.2) is 0 Å². The monoisotopic (exact) mass is 224 g/mol. The molecule has 0 radical (unpaired) electrons. The first-order chi connectivity index (χ1) is 7.84. The maximum absolute atomic E-state index is 11.7. The van der Waals surface area contributed by atoms with Gasteiger partial charge in [-0.3, -0.25) is 4.79 Å². The highest BCUT2D eigenvalue weighted by molar-refractivity contribution is 5.78. The number of morpholine rings is 1. The zero-order chi connectivity index (χ0) is 11.6. The van der Waals surface area contributed by atoms with Crippen LogP contribution in [0, 0.1) is 12.3 Å². The van der Waals surface area contributed by atoms with Crippen molar-refractivity contribution < 1.29 is 9.53 Å². The second-order valence-electron chi connectivity index (χ2n) is 3.83. The topological polar surface area (TPSA) is 41.6 Å². The molecule has 1 amide bonds. The smallest absolute Gasteiger partial charge is 0.236 e. The lowest BCUT2D eigenvalue weighted by Gasteiger charge is -2.26. The molecule has 0 bridgehead atoms. The van der Waals surface area contributed by atoms with E-state index in [-0.39, 0.29) is 5.91 Å². The number of amides is 1. The lowest BCUT2D eigenvalue weighted by Crippen LogP contribution is -2.44. The molecule has 0 aromatic rings. The second-order valence-corrected chi connectivity index (χ2v) is 3.83. The van der Waals surface area contributed by atoms with Crippen LogP contribution in [0.3, 0.4) is 0 Å². The minimum Gasteiger partial charge on any atom is -0.378 e. The highest BCUT2D eigenvalue weighted by Gasteiger charge is 2.15. The molecule has 1 fully saturated rings. The molecule has 4 nitrogen and oxygen atoms in total. The number of nitrogens with zero attached hydrogens (tertiary/aromatic N) is 1. The minimum atomic E-state index is 0.167. The van der Waals surface area contributed by atoms with Crippen LogP contribution >= 0.6 is 0 Å². The molecule has 0 unspecified atom stereocenters.